The average Bonchev–Trinajstić information content (AvgIpc) is 3.14. The van der Waals surface area contributed by atoms with Gasteiger partial charge in [0.15, 0.2) is 0 Å². The monoisotopic (exact) mass is 451 g/mol. The van der Waals surface area contributed by atoms with Gasteiger partial charge in [-0.3, -0.25) is 0 Å². The molecule has 4 aromatic rings. The summed E-state index contributed by atoms with van der Waals surface area (Å²) in [5.41, 5.74) is 5.80. The molecule has 6 rings (SSSR count). The lowest BCUT2D eigenvalue weighted by Gasteiger charge is -2.39. The fraction of sp³-hybridized carbons (Fsp3) is 0.138. The summed E-state index contributed by atoms with van der Waals surface area (Å²) in [5, 5.41) is 8.87. The number of nitriles is 1. The minimum Gasteiger partial charge on any atom is -0.341 e. The van der Waals surface area contributed by atoms with E-state index in [9.17, 15) is 8.78 Å². The molecule has 1 saturated heterocycles. The first-order valence-corrected chi connectivity index (χ1v) is 11.1. The minimum absolute atomic E-state index is 0.0223. The quantitative estimate of drug-likeness (QED) is 0.349. The van der Waals surface area contributed by atoms with Gasteiger partial charge in [-0.05, 0) is 39.9 Å². The first kappa shape index (κ1) is 20.7. The van der Waals surface area contributed by atoms with E-state index in [2.05, 4.69) is 24.3 Å². The molecule has 0 bridgehead atoms. The van der Waals surface area contributed by atoms with Gasteiger partial charge in [0.1, 0.15) is 23.3 Å². The van der Waals surface area contributed by atoms with E-state index in [1.54, 1.807) is 6.07 Å². The number of hydrogen-bond acceptors (Lipinski definition) is 3. The van der Waals surface area contributed by atoms with E-state index in [1.165, 1.54) is 12.1 Å². The number of nitrogens with zero attached hydrogens (tertiary/aromatic N) is 1. The molecule has 0 N–H and O–H groups in total. The molecule has 5 heteroatoms. The first-order chi connectivity index (χ1) is 16.6. The highest BCUT2D eigenvalue weighted by Crippen LogP contribution is 2.52. The lowest BCUT2D eigenvalue weighted by molar-refractivity contribution is -0.254. The van der Waals surface area contributed by atoms with Crippen LogP contribution in [-0.4, -0.2) is 13.2 Å². The lowest BCUT2D eigenvalue weighted by Crippen LogP contribution is -2.40. The number of halogens is 2. The van der Waals surface area contributed by atoms with Crippen molar-refractivity contribution in [3.05, 3.63) is 119 Å². The second-order valence-corrected chi connectivity index (χ2v) is 8.58. The molecule has 1 aliphatic heterocycles. The van der Waals surface area contributed by atoms with Gasteiger partial charge in [0.05, 0.1) is 13.2 Å². The van der Waals surface area contributed by atoms with Crippen LogP contribution in [0.3, 0.4) is 0 Å². The molecule has 3 nitrogen and oxygen atoms in total. The normalized spacial score (nSPS) is 16.1. The van der Waals surface area contributed by atoms with Crippen LogP contribution in [0.4, 0.5) is 8.78 Å². The Labute approximate surface area is 195 Å². The molecule has 0 unspecified atom stereocenters. The Morgan fingerprint density at radius 1 is 0.735 bits per heavy atom. The molecule has 0 saturated carbocycles. The van der Waals surface area contributed by atoms with E-state index in [-0.39, 0.29) is 5.92 Å². The van der Waals surface area contributed by atoms with E-state index in [0.717, 1.165) is 27.8 Å². The second kappa shape index (κ2) is 7.88. The molecule has 0 radical (unpaired) electrons. The van der Waals surface area contributed by atoms with E-state index >= 15 is 0 Å². The van der Waals surface area contributed by atoms with Crippen LogP contribution in [-0.2, 0) is 15.3 Å². The Morgan fingerprint density at radius 2 is 1.26 bits per heavy atom. The van der Waals surface area contributed by atoms with E-state index in [0.29, 0.717) is 24.3 Å². The summed E-state index contributed by atoms with van der Waals surface area (Å²) in [4.78, 5) is 0. The summed E-state index contributed by atoms with van der Waals surface area (Å²) in [7, 11) is 0. The number of rotatable bonds is 2. The summed E-state index contributed by atoms with van der Waals surface area (Å²) in [5.74, 6) is -2.61. The van der Waals surface area contributed by atoms with Crippen LogP contribution in [0.2, 0.25) is 0 Å². The van der Waals surface area contributed by atoms with Gasteiger partial charge in [-0.2, -0.15) is 5.26 Å². The molecule has 34 heavy (non-hydrogen) atoms. The Bertz CT molecular complexity index is 1380. The van der Waals surface area contributed by atoms with E-state index in [4.69, 9.17) is 14.7 Å². The Hall–Kier alpha value is -3.85. The van der Waals surface area contributed by atoms with Crippen molar-refractivity contribution >= 4 is 0 Å². The molecule has 1 spiro atoms. The van der Waals surface area contributed by atoms with Crippen molar-refractivity contribution in [2.24, 2.45) is 0 Å². The Balaban J connectivity index is 1.26. The summed E-state index contributed by atoms with van der Waals surface area (Å²) in [6.45, 7) is 0.949. The standard InChI is InChI=1S/C29H19F2NO2/c30-27-13-20(14-28(31)24(27)15-32)18-9-11-19(12-10-18)21-16-33-29(34-17-21)25-7-3-1-5-22(25)23-6-2-4-8-26(23)29/h1-14,21H,16-17H2. The average molecular weight is 451 g/mol. The van der Waals surface area contributed by atoms with Gasteiger partial charge < -0.3 is 9.47 Å². The van der Waals surface area contributed by atoms with Gasteiger partial charge in [0, 0.05) is 17.0 Å². The summed E-state index contributed by atoms with van der Waals surface area (Å²) < 4.78 is 41.0. The van der Waals surface area contributed by atoms with Gasteiger partial charge in [0.2, 0.25) is 5.79 Å². The molecule has 1 fully saturated rings. The predicted octanol–water partition coefficient (Wildman–Crippen LogP) is 6.52. The van der Waals surface area contributed by atoms with Crippen LogP contribution < -0.4 is 0 Å². The molecule has 0 atom stereocenters. The van der Waals surface area contributed by atoms with Crippen molar-refractivity contribution in [2.75, 3.05) is 13.2 Å². The first-order valence-electron chi connectivity index (χ1n) is 11.1. The van der Waals surface area contributed by atoms with Crippen LogP contribution in [0.5, 0.6) is 0 Å². The Morgan fingerprint density at radius 3 is 1.79 bits per heavy atom. The minimum atomic E-state index is -0.902. The van der Waals surface area contributed by atoms with Crippen molar-refractivity contribution in [1.29, 1.82) is 5.26 Å². The smallest absolute Gasteiger partial charge is 0.223 e. The van der Waals surface area contributed by atoms with Crippen molar-refractivity contribution in [3.63, 3.8) is 0 Å². The van der Waals surface area contributed by atoms with Gasteiger partial charge in [-0.1, -0.05) is 72.8 Å². The van der Waals surface area contributed by atoms with Crippen LogP contribution in [0, 0.1) is 23.0 Å². The van der Waals surface area contributed by atoms with Crippen molar-refractivity contribution in [1.82, 2.24) is 0 Å². The highest BCUT2D eigenvalue weighted by Gasteiger charge is 2.48. The third kappa shape index (κ3) is 3.07. The maximum Gasteiger partial charge on any atom is 0.223 e. The predicted molar refractivity (Wildman–Crippen MR) is 124 cm³/mol. The SMILES string of the molecule is N#Cc1c(F)cc(-c2ccc(C3COC4(OC3)c3ccccc3-c3ccccc34)cc2)cc1F. The highest BCUT2D eigenvalue weighted by atomic mass is 19.1. The van der Waals surface area contributed by atoms with Crippen molar-refractivity contribution < 1.29 is 18.3 Å². The molecule has 4 aromatic carbocycles. The molecule has 0 aromatic heterocycles. The molecule has 1 aliphatic carbocycles. The van der Waals surface area contributed by atoms with Crippen LogP contribution in [0.15, 0.2) is 84.9 Å². The lowest BCUT2D eigenvalue weighted by atomic mass is 9.94. The molecule has 166 valence electrons. The highest BCUT2D eigenvalue weighted by molar-refractivity contribution is 5.79. The van der Waals surface area contributed by atoms with E-state index in [1.807, 2.05) is 48.5 Å². The van der Waals surface area contributed by atoms with Crippen LogP contribution >= 0.6 is 0 Å². The molecular formula is C29H19F2NO2. The van der Waals surface area contributed by atoms with Gasteiger partial charge in [-0.25, -0.2) is 8.78 Å². The van der Waals surface area contributed by atoms with Crippen LogP contribution in [0.25, 0.3) is 22.3 Å². The number of ether oxygens (including phenoxy) is 2. The fourth-order valence-corrected chi connectivity index (χ4v) is 4.98. The maximum atomic E-state index is 14.0. The third-order valence-electron chi connectivity index (χ3n) is 6.70. The Kier molecular flexibility index (Phi) is 4.80. The number of hydrogen-bond donors (Lipinski definition) is 0. The van der Waals surface area contributed by atoms with Crippen LogP contribution in [0.1, 0.15) is 28.2 Å². The van der Waals surface area contributed by atoms with Gasteiger partial charge in [-0.15, -0.1) is 0 Å². The topological polar surface area (TPSA) is 42.2 Å². The third-order valence-corrected chi connectivity index (χ3v) is 6.70. The maximum absolute atomic E-state index is 14.0. The zero-order valence-electron chi connectivity index (χ0n) is 18.1. The molecule has 2 aliphatic rings. The largest absolute Gasteiger partial charge is 0.341 e. The summed E-state index contributed by atoms with van der Waals surface area (Å²) >= 11 is 0. The number of benzene rings is 4. The summed E-state index contributed by atoms with van der Waals surface area (Å²) in [6.07, 6.45) is 0. The van der Waals surface area contributed by atoms with Crippen molar-refractivity contribution in [3.8, 4) is 28.3 Å². The molecule has 0 amide bonds. The zero-order chi connectivity index (χ0) is 23.3. The second-order valence-electron chi connectivity index (χ2n) is 8.58. The molecule has 1 heterocycles. The van der Waals surface area contributed by atoms with Gasteiger partial charge >= 0.3 is 0 Å². The zero-order valence-corrected chi connectivity index (χ0v) is 18.1. The van der Waals surface area contributed by atoms with Crippen molar-refractivity contribution in [2.45, 2.75) is 11.7 Å². The van der Waals surface area contributed by atoms with Gasteiger partial charge in [0.25, 0.3) is 0 Å². The molecular weight excluding hydrogens is 432 g/mol. The fourth-order valence-electron chi connectivity index (χ4n) is 4.98. The number of fused-ring (bicyclic) bond motifs is 5. The summed E-state index contributed by atoms with van der Waals surface area (Å²) in [6, 6.07) is 27.7. The van der Waals surface area contributed by atoms with E-state index < -0.39 is 23.0 Å².